The van der Waals surface area contributed by atoms with E-state index in [0.717, 1.165) is 0 Å². The zero-order valence-corrected chi connectivity index (χ0v) is 10.0. The average molecular weight is 332 g/mol. The Bertz CT molecular complexity index is 233. The maximum atomic E-state index is 9.99. The number of carbonyl (C=O) groups excluding carboxylic acids is 1. The second kappa shape index (κ2) is 9.65. The van der Waals surface area contributed by atoms with Crippen molar-refractivity contribution >= 4 is 40.4 Å². The number of hydrogen-bond donors (Lipinski definition) is 4. The van der Waals surface area contributed by atoms with Gasteiger partial charge < -0.3 is 21.7 Å². The summed E-state index contributed by atoms with van der Waals surface area (Å²) in [5, 5.41) is 16.3. The molecule has 0 aromatic carbocycles. The Hall–Kier alpha value is -0.900. The van der Waals surface area contributed by atoms with Gasteiger partial charge in [-0.25, -0.2) is 0 Å². The minimum atomic E-state index is -1.17. The first kappa shape index (κ1) is 16.5. The summed E-state index contributed by atoms with van der Waals surface area (Å²) in [5.74, 6) is -2.46. The SMILES string of the molecule is NC(=O)CI.NC(CCC(=O)O)C(=O)O. The summed E-state index contributed by atoms with van der Waals surface area (Å²) in [5.41, 5.74) is 9.65. The van der Waals surface area contributed by atoms with Crippen LogP contribution in [0.5, 0.6) is 0 Å². The molecule has 6 N–H and O–H groups in total. The highest BCUT2D eigenvalue weighted by atomic mass is 127. The van der Waals surface area contributed by atoms with Crippen molar-refractivity contribution in [3.8, 4) is 0 Å². The maximum absolute atomic E-state index is 9.99. The first-order valence-corrected chi connectivity index (χ1v) is 5.38. The maximum Gasteiger partial charge on any atom is 0.320 e. The van der Waals surface area contributed by atoms with Crippen LogP contribution in [0.2, 0.25) is 0 Å². The number of hydrogen-bond acceptors (Lipinski definition) is 4. The number of carbonyl (C=O) groups is 3. The Morgan fingerprint density at radius 2 is 1.67 bits per heavy atom. The third-order valence-electron chi connectivity index (χ3n) is 1.12. The van der Waals surface area contributed by atoms with Gasteiger partial charge in [-0.15, -0.1) is 0 Å². The van der Waals surface area contributed by atoms with E-state index >= 15 is 0 Å². The number of amides is 1. The molecule has 1 atom stereocenters. The Kier molecular flexibility index (Phi) is 10.6. The summed E-state index contributed by atoms with van der Waals surface area (Å²) in [7, 11) is 0. The molecule has 0 saturated carbocycles. The van der Waals surface area contributed by atoms with Crippen molar-refractivity contribution < 1.29 is 24.6 Å². The quantitative estimate of drug-likeness (QED) is 0.382. The van der Waals surface area contributed by atoms with E-state index in [0.29, 0.717) is 4.43 Å². The highest BCUT2D eigenvalue weighted by Crippen LogP contribution is 1.93. The number of rotatable bonds is 5. The van der Waals surface area contributed by atoms with Crippen LogP contribution in [0.3, 0.4) is 0 Å². The third kappa shape index (κ3) is 15.8. The fourth-order valence-corrected chi connectivity index (χ4v) is 0.402. The molecule has 0 heterocycles. The van der Waals surface area contributed by atoms with Crippen molar-refractivity contribution in [2.75, 3.05) is 4.43 Å². The fourth-order valence-electron chi connectivity index (χ4n) is 0.402. The summed E-state index contributed by atoms with van der Waals surface area (Å²) < 4.78 is 0.414. The molecule has 7 nitrogen and oxygen atoms in total. The Morgan fingerprint density at radius 1 is 1.27 bits per heavy atom. The second-order valence-corrected chi connectivity index (χ2v) is 3.24. The molecular formula is C7H13IN2O5. The standard InChI is InChI=1S/C5H9NO4.C2H4INO/c6-3(5(9)10)1-2-4(7)8;3-1-2(4)5/h3H,1-2,6H2,(H,7,8)(H,9,10);1H2,(H2,4,5). The molecule has 0 aromatic rings. The van der Waals surface area contributed by atoms with Gasteiger partial charge in [0, 0.05) is 6.42 Å². The van der Waals surface area contributed by atoms with Crippen LogP contribution in [0.25, 0.3) is 0 Å². The monoisotopic (exact) mass is 332 g/mol. The molecular weight excluding hydrogens is 319 g/mol. The molecule has 0 spiro atoms. The van der Waals surface area contributed by atoms with E-state index < -0.39 is 18.0 Å². The number of nitrogens with two attached hydrogens (primary N) is 2. The minimum absolute atomic E-state index is 0.0231. The lowest BCUT2D eigenvalue weighted by Crippen LogP contribution is -2.30. The first-order chi connectivity index (χ1) is 6.81. The zero-order chi connectivity index (χ0) is 12.4. The molecule has 0 bridgehead atoms. The van der Waals surface area contributed by atoms with Gasteiger partial charge in [0.2, 0.25) is 5.91 Å². The highest BCUT2D eigenvalue weighted by molar-refractivity contribution is 14.1. The van der Waals surface area contributed by atoms with Gasteiger partial charge in [-0.2, -0.15) is 0 Å². The molecule has 1 amide bonds. The summed E-state index contributed by atoms with van der Waals surface area (Å²) in [6.07, 6.45) is -0.224. The Labute approximate surface area is 99.9 Å². The lowest BCUT2D eigenvalue weighted by atomic mass is 10.2. The highest BCUT2D eigenvalue weighted by Gasteiger charge is 2.12. The molecule has 0 aromatic heterocycles. The minimum Gasteiger partial charge on any atom is -0.481 e. The van der Waals surface area contributed by atoms with Crippen molar-refractivity contribution in [3.05, 3.63) is 0 Å². The van der Waals surface area contributed by atoms with E-state index in [2.05, 4.69) is 5.73 Å². The molecule has 8 heteroatoms. The number of halogens is 1. The van der Waals surface area contributed by atoms with Crippen LogP contribution in [0.4, 0.5) is 0 Å². The summed E-state index contributed by atoms with van der Waals surface area (Å²) in [6.45, 7) is 0. The van der Waals surface area contributed by atoms with Crippen LogP contribution < -0.4 is 11.5 Å². The van der Waals surface area contributed by atoms with Crippen molar-refractivity contribution in [3.63, 3.8) is 0 Å². The van der Waals surface area contributed by atoms with E-state index in [1.54, 1.807) is 0 Å². The summed E-state index contributed by atoms with van der Waals surface area (Å²) >= 11 is 1.90. The van der Waals surface area contributed by atoms with E-state index in [1.165, 1.54) is 0 Å². The predicted octanol–water partition coefficient (Wildman–Crippen LogP) is -0.830. The molecule has 0 fully saturated rings. The van der Waals surface area contributed by atoms with E-state index in [4.69, 9.17) is 15.9 Å². The van der Waals surface area contributed by atoms with Crippen molar-refractivity contribution in [2.24, 2.45) is 11.5 Å². The van der Waals surface area contributed by atoms with Gasteiger partial charge >= 0.3 is 11.9 Å². The van der Waals surface area contributed by atoms with Crippen LogP contribution >= 0.6 is 22.6 Å². The van der Waals surface area contributed by atoms with Crippen molar-refractivity contribution in [2.45, 2.75) is 18.9 Å². The molecule has 0 aliphatic heterocycles. The Morgan fingerprint density at radius 3 is 1.87 bits per heavy atom. The lowest BCUT2D eigenvalue weighted by Gasteiger charge is -2.01. The van der Waals surface area contributed by atoms with E-state index in [1.807, 2.05) is 22.6 Å². The second-order valence-electron chi connectivity index (χ2n) is 2.48. The van der Waals surface area contributed by atoms with Crippen LogP contribution in [0.15, 0.2) is 0 Å². The molecule has 1 unspecified atom stereocenters. The van der Waals surface area contributed by atoms with Gasteiger partial charge in [0.15, 0.2) is 0 Å². The molecule has 0 aliphatic carbocycles. The topological polar surface area (TPSA) is 144 Å². The number of primary amides is 1. The van der Waals surface area contributed by atoms with Crippen LogP contribution in [0.1, 0.15) is 12.8 Å². The molecule has 0 radical (unpaired) electrons. The van der Waals surface area contributed by atoms with Gasteiger partial charge in [0.1, 0.15) is 6.04 Å². The van der Waals surface area contributed by atoms with Gasteiger partial charge in [0.25, 0.3) is 0 Å². The number of alkyl halides is 1. The van der Waals surface area contributed by atoms with Gasteiger partial charge in [-0.1, -0.05) is 22.6 Å². The number of carboxylic acid groups (broad SMARTS) is 2. The van der Waals surface area contributed by atoms with Crippen LogP contribution in [-0.2, 0) is 14.4 Å². The molecule has 0 aliphatic rings. The summed E-state index contributed by atoms with van der Waals surface area (Å²) in [6, 6.07) is -1.06. The normalized spacial score (nSPS) is 10.8. The molecule has 88 valence electrons. The summed E-state index contributed by atoms with van der Waals surface area (Å²) in [4.78, 5) is 29.5. The molecule has 15 heavy (non-hydrogen) atoms. The smallest absolute Gasteiger partial charge is 0.320 e. The fraction of sp³-hybridized carbons (Fsp3) is 0.571. The van der Waals surface area contributed by atoms with E-state index in [9.17, 15) is 14.4 Å². The zero-order valence-electron chi connectivity index (χ0n) is 7.85. The molecule has 0 saturated heterocycles. The van der Waals surface area contributed by atoms with Gasteiger partial charge in [0.05, 0.1) is 4.43 Å². The van der Waals surface area contributed by atoms with Gasteiger partial charge in [-0.05, 0) is 6.42 Å². The third-order valence-corrected chi connectivity index (χ3v) is 1.87. The van der Waals surface area contributed by atoms with Crippen LogP contribution in [-0.4, -0.2) is 38.5 Å². The lowest BCUT2D eigenvalue weighted by molar-refractivity contribution is -0.139. The Balaban J connectivity index is 0. The largest absolute Gasteiger partial charge is 0.481 e. The number of carboxylic acids is 2. The molecule has 0 rings (SSSR count). The predicted molar refractivity (Wildman–Crippen MR) is 60.6 cm³/mol. The average Bonchev–Trinajstić information content (AvgIpc) is 2.14. The van der Waals surface area contributed by atoms with Gasteiger partial charge in [-0.3, -0.25) is 14.4 Å². The number of aliphatic carboxylic acids is 2. The van der Waals surface area contributed by atoms with E-state index in [-0.39, 0.29) is 18.7 Å². The van der Waals surface area contributed by atoms with Crippen LogP contribution in [0, 0.1) is 0 Å². The van der Waals surface area contributed by atoms with Crippen molar-refractivity contribution in [1.29, 1.82) is 0 Å². The van der Waals surface area contributed by atoms with Crippen molar-refractivity contribution in [1.82, 2.24) is 0 Å². The first-order valence-electron chi connectivity index (χ1n) is 3.85.